The molecule has 5 nitrogen and oxygen atoms in total. The van der Waals surface area contributed by atoms with Crippen molar-refractivity contribution in [2.45, 2.75) is 51.2 Å². The molecule has 0 spiro atoms. The van der Waals surface area contributed by atoms with Crippen LogP contribution in [0, 0.1) is 0 Å². The summed E-state index contributed by atoms with van der Waals surface area (Å²) >= 11 is 0. The van der Waals surface area contributed by atoms with Gasteiger partial charge in [0.15, 0.2) is 0 Å². The van der Waals surface area contributed by atoms with Gasteiger partial charge in [0, 0.05) is 26.1 Å². The van der Waals surface area contributed by atoms with E-state index in [2.05, 4.69) is 5.32 Å². The zero-order valence-corrected chi connectivity index (χ0v) is 11.2. The summed E-state index contributed by atoms with van der Waals surface area (Å²) < 4.78 is 5.51. The maximum Gasteiger partial charge on any atom is 0.245 e. The van der Waals surface area contributed by atoms with Crippen LogP contribution in [0.4, 0.5) is 0 Å². The van der Waals surface area contributed by atoms with Crippen LogP contribution in [0.1, 0.15) is 39.5 Å². The maximum atomic E-state index is 12.2. The van der Waals surface area contributed by atoms with E-state index >= 15 is 0 Å². The number of nitrogens with one attached hydrogen (secondary N) is 1. The molecule has 0 aromatic heterocycles. The molecule has 0 radical (unpaired) electrons. The van der Waals surface area contributed by atoms with Crippen molar-refractivity contribution in [3.05, 3.63) is 0 Å². The van der Waals surface area contributed by atoms with Gasteiger partial charge in [0.2, 0.25) is 11.8 Å². The number of carbonyl (C=O) groups excluding carboxylic acids is 2. The molecule has 0 aromatic rings. The summed E-state index contributed by atoms with van der Waals surface area (Å²) in [7, 11) is 0. The molecule has 2 saturated heterocycles. The Morgan fingerprint density at radius 2 is 2.33 bits per heavy atom. The van der Waals surface area contributed by atoms with Gasteiger partial charge in [-0.3, -0.25) is 9.59 Å². The normalized spacial score (nSPS) is 27.1. The Hall–Kier alpha value is -1.10. The number of piperazine rings is 1. The van der Waals surface area contributed by atoms with Crippen LogP contribution in [0.5, 0.6) is 0 Å². The molecule has 0 aromatic carbocycles. The fraction of sp³-hybridized carbons (Fsp3) is 0.846. The Labute approximate surface area is 108 Å². The van der Waals surface area contributed by atoms with Gasteiger partial charge in [0.05, 0.1) is 6.10 Å². The van der Waals surface area contributed by atoms with Gasteiger partial charge >= 0.3 is 0 Å². The van der Waals surface area contributed by atoms with Crippen LogP contribution in [-0.4, -0.2) is 48.1 Å². The van der Waals surface area contributed by atoms with Crippen LogP contribution in [0.15, 0.2) is 0 Å². The zero-order valence-electron chi connectivity index (χ0n) is 11.2. The van der Waals surface area contributed by atoms with Crippen molar-refractivity contribution in [2.24, 2.45) is 0 Å². The Bertz CT molecular complexity index is 335. The monoisotopic (exact) mass is 254 g/mol. The summed E-state index contributed by atoms with van der Waals surface area (Å²) in [6, 6.07) is 0. The first-order valence-corrected chi connectivity index (χ1v) is 6.72. The number of nitrogens with zero attached hydrogens (tertiary/aromatic N) is 1. The minimum atomic E-state index is -0.730. The van der Waals surface area contributed by atoms with Crippen LogP contribution in [0.2, 0.25) is 0 Å². The Morgan fingerprint density at radius 1 is 1.56 bits per heavy atom. The molecule has 18 heavy (non-hydrogen) atoms. The molecule has 2 amide bonds. The molecule has 2 aliphatic heterocycles. The van der Waals surface area contributed by atoms with Crippen LogP contribution >= 0.6 is 0 Å². The van der Waals surface area contributed by atoms with Crippen LogP contribution in [-0.2, 0) is 14.3 Å². The lowest BCUT2D eigenvalue weighted by atomic mass is 9.98. The summed E-state index contributed by atoms with van der Waals surface area (Å²) in [5, 5.41) is 2.80. The lowest BCUT2D eigenvalue weighted by Gasteiger charge is -2.41. The van der Waals surface area contributed by atoms with E-state index in [-0.39, 0.29) is 17.9 Å². The third-order valence-electron chi connectivity index (χ3n) is 3.86. The fourth-order valence-corrected chi connectivity index (χ4v) is 2.63. The molecule has 102 valence electrons. The summed E-state index contributed by atoms with van der Waals surface area (Å²) in [5.41, 5.74) is -0.730. The van der Waals surface area contributed by atoms with Crippen molar-refractivity contribution in [3.8, 4) is 0 Å². The molecule has 0 aliphatic carbocycles. The Kier molecular flexibility index (Phi) is 3.90. The van der Waals surface area contributed by atoms with Crippen molar-refractivity contribution in [1.82, 2.24) is 10.2 Å². The molecule has 2 aliphatic rings. The van der Waals surface area contributed by atoms with Crippen molar-refractivity contribution in [3.63, 3.8) is 0 Å². The Morgan fingerprint density at radius 3 is 3.00 bits per heavy atom. The molecule has 1 atom stereocenters. The Balaban J connectivity index is 1.89. The summed E-state index contributed by atoms with van der Waals surface area (Å²) in [4.78, 5) is 25.7. The highest BCUT2D eigenvalue weighted by Crippen LogP contribution is 2.22. The topological polar surface area (TPSA) is 58.6 Å². The second-order valence-corrected chi connectivity index (χ2v) is 5.53. The van der Waals surface area contributed by atoms with Crippen molar-refractivity contribution >= 4 is 11.8 Å². The summed E-state index contributed by atoms with van der Waals surface area (Å²) in [5.74, 6) is -0.00966. The quantitative estimate of drug-likeness (QED) is 0.806. The van der Waals surface area contributed by atoms with Gasteiger partial charge in [-0.15, -0.1) is 0 Å². The van der Waals surface area contributed by atoms with Crippen LogP contribution in [0.25, 0.3) is 0 Å². The number of hydrogen-bond donors (Lipinski definition) is 1. The van der Waals surface area contributed by atoms with Gasteiger partial charge in [0.25, 0.3) is 0 Å². The smallest absolute Gasteiger partial charge is 0.245 e. The molecule has 1 unspecified atom stereocenters. The van der Waals surface area contributed by atoms with Crippen molar-refractivity contribution in [1.29, 1.82) is 0 Å². The highest BCUT2D eigenvalue weighted by Gasteiger charge is 2.40. The van der Waals surface area contributed by atoms with E-state index in [1.165, 1.54) is 0 Å². The molecule has 0 saturated carbocycles. The van der Waals surface area contributed by atoms with Gasteiger partial charge in [-0.25, -0.2) is 0 Å². The molecular formula is C13H22N2O3. The van der Waals surface area contributed by atoms with Gasteiger partial charge in [0.1, 0.15) is 5.54 Å². The number of amides is 2. The molecule has 0 bridgehead atoms. The van der Waals surface area contributed by atoms with E-state index in [0.717, 1.165) is 25.9 Å². The predicted molar refractivity (Wildman–Crippen MR) is 67.0 cm³/mol. The van der Waals surface area contributed by atoms with E-state index in [0.29, 0.717) is 19.5 Å². The highest BCUT2D eigenvalue weighted by atomic mass is 16.5. The van der Waals surface area contributed by atoms with Gasteiger partial charge in [-0.05, 0) is 33.1 Å². The first kappa shape index (κ1) is 13.3. The second-order valence-electron chi connectivity index (χ2n) is 5.53. The predicted octanol–water partition coefficient (Wildman–Crippen LogP) is 0.683. The minimum absolute atomic E-state index is 0.0605. The molecule has 2 rings (SSSR count). The van der Waals surface area contributed by atoms with E-state index in [4.69, 9.17) is 4.74 Å². The van der Waals surface area contributed by atoms with Crippen molar-refractivity contribution in [2.75, 3.05) is 19.7 Å². The van der Waals surface area contributed by atoms with Gasteiger partial charge in [-0.1, -0.05) is 0 Å². The number of carbonyl (C=O) groups is 2. The number of rotatable bonds is 3. The molecule has 2 fully saturated rings. The van der Waals surface area contributed by atoms with E-state index in [1.54, 1.807) is 18.7 Å². The molecule has 2 heterocycles. The van der Waals surface area contributed by atoms with Crippen molar-refractivity contribution < 1.29 is 14.3 Å². The molecule has 1 N–H and O–H groups in total. The molecular weight excluding hydrogens is 232 g/mol. The fourth-order valence-electron chi connectivity index (χ4n) is 2.63. The average molecular weight is 254 g/mol. The second kappa shape index (κ2) is 5.26. The maximum absolute atomic E-state index is 12.2. The minimum Gasteiger partial charge on any atom is -0.378 e. The first-order valence-electron chi connectivity index (χ1n) is 6.72. The highest BCUT2D eigenvalue weighted by molar-refractivity contribution is 5.91. The average Bonchev–Trinajstić information content (AvgIpc) is 2.82. The lowest BCUT2D eigenvalue weighted by molar-refractivity contribution is -0.149. The van der Waals surface area contributed by atoms with Gasteiger partial charge < -0.3 is 15.0 Å². The third-order valence-corrected chi connectivity index (χ3v) is 3.86. The first-order chi connectivity index (χ1) is 8.51. The zero-order chi connectivity index (χ0) is 13.2. The molecule has 5 heteroatoms. The summed E-state index contributed by atoms with van der Waals surface area (Å²) in [6.45, 7) is 5.56. The number of hydrogen-bond acceptors (Lipinski definition) is 3. The largest absolute Gasteiger partial charge is 0.378 e. The number of ether oxygens (including phenoxy) is 1. The van der Waals surface area contributed by atoms with Gasteiger partial charge in [-0.2, -0.15) is 0 Å². The van der Waals surface area contributed by atoms with Crippen LogP contribution < -0.4 is 5.32 Å². The lowest BCUT2D eigenvalue weighted by Crippen LogP contribution is -2.63. The SMILES string of the molecule is CC1(C)C(=O)NCCN1C(=O)CCC1CCCO1. The van der Waals surface area contributed by atoms with E-state index in [1.807, 2.05) is 0 Å². The van der Waals surface area contributed by atoms with Crippen LogP contribution in [0.3, 0.4) is 0 Å². The van der Waals surface area contributed by atoms with E-state index in [9.17, 15) is 9.59 Å². The van der Waals surface area contributed by atoms with E-state index < -0.39 is 5.54 Å². The standard InChI is InChI=1S/C13H22N2O3/c1-13(2)12(17)14-7-8-15(13)11(16)6-5-10-4-3-9-18-10/h10H,3-9H2,1-2H3,(H,14,17). The third kappa shape index (κ3) is 2.66. The summed E-state index contributed by atoms with van der Waals surface area (Å²) in [6.07, 6.45) is 3.62.